The molecule has 23 heavy (non-hydrogen) atoms. The molecule has 0 bridgehead atoms. The third-order valence-electron chi connectivity index (χ3n) is 3.83. The van der Waals surface area contributed by atoms with Gasteiger partial charge in [-0.15, -0.1) is 0 Å². The summed E-state index contributed by atoms with van der Waals surface area (Å²) >= 11 is 0. The molecule has 126 valence electrons. The highest BCUT2D eigenvalue weighted by Gasteiger charge is 2.21. The van der Waals surface area contributed by atoms with Crippen LogP contribution >= 0.6 is 0 Å². The van der Waals surface area contributed by atoms with Crippen LogP contribution in [-0.2, 0) is 11.3 Å². The maximum absolute atomic E-state index is 11.4. The second-order valence-electron chi connectivity index (χ2n) is 6.00. The van der Waals surface area contributed by atoms with E-state index in [4.69, 9.17) is 4.74 Å². The van der Waals surface area contributed by atoms with Gasteiger partial charge in [0.1, 0.15) is 5.75 Å². The summed E-state index contributed by atoms with van der Waals surface area (Å²) in [5.41, 5.74) is 0.877. The standard InChI is InChI=1S/C16H23N3O4/c1-12(2)23-16-5-4-15(19(21)22)10-14(16)11-17-6-8-18(9-7-17)13(3)20/h4-5,10,12H,6-9,11H2,1-3H3. The van der Waals surface area contributed by atoms with E-state index in [0.717, 1.165) is 18.7 Å². The molecule has 0 unspecified atom stereocenters. The smallest absolute Gasteiger partial charge is 0.270 e. The molecule has 0 radical (unpaired) electrons. The Hall–Kier alpha value is -2.15. The van der Waals surface area contributed by atoms with Crippen LogP contribution in [0.25, 0.3) is 0 Å². The average molecular weight is 321 g/mol. The molecule has 1 aliphatic rings. The topological polar surface area (TPSA) is 75.9 Å². The van der Waals surface area contributed by atoms with Crippen LogP contribution in [0.15, 0.2) is 18.2 Å². The lowest BCUT2D eigenvalue weighted by Gasteiger charge is -2.34. The predicted molar refractivity (Wildman–Crippen MR) is 86.4 cm³/mol. The molecule has 7 heteroatoms. The zero-order valence-corrected chi connectivity index (χ0v) is 13.8. The van der Waals surface area contributed by atoms with Gasteiger partial charge in [0.2, 0.25) is 5.91 Å². The normalized spacial score (nSPS) is 15.7. The molecule has 1 aliphatic heterocycles. The van der Waals surface area contributed by atoms with E-state index in [9.17, 15) is 14.9 Å². The van der Waals surface area contributed by atoms with E-state index in [0.29, 0.717) is 25.4 Å². The molecule has 0 aromatic heterocycles. The fourth-order valence-electron chi connectivity index (χ4n) is 2.63. The van der Waals surface area contributed by atoms with E-state index in [1.807, 2.05) is 18.7 Å². The van der Waals surface area contributed by atoms with Crippen molar-refractivity contribution in [2.45, 2.75) is 33.4 Å². The Morgan fingerprint density at radius 1 is 1.30 bits per heavy atom. The predicted octanol–water partition coefficient (Wildman–Crippen LogP) is 2.05. The Morgan fingerprint density at radius 3 is 2.48 bits per heavy atom. The number of piperazine rings is 1. The van der Waals surface area contributed by atoms with Crippen molar-refractivity contribution >= 4 is 11.6 Å². The fourth-order valence-corrected chi connectivity index (χ4v) is 2.63. The van der Waals surface area contributed by atoms with Crippen LogP contribution in [0.5, 0.6) is 5.75 Å². The minimum atomic E-state index is -0.393. The number of carbonyl (C=O) groups is 1. The van der Waals surface area contributed by atoms with Crippen molar-refractivity contribution < 1.29 is 14.5 Å². The maximum Gasteiger partial charge on any atom is 0.270 e. The van der Waals surface area contributed by atoms with Crippen molar-refractivity contribution in [1.29, 1.82) is 0 Å². The molecular formula is C16H23N3O4. The summed E-state index contributed by atoms with van der Waals surface area (Å²) in [7, 11) is 0. The first-order chi connectivity index (χ1) is 10.9. The van der Waals surface area contributed by atoms with Crippen LogP contribution in [0.1, 0.15) is 26.3 Å². The molecule has 1 aromatic carbocycles. The zero-order valence-electron chi connectivity index (χ0n) is 13.8. The Morgan fingerprint density at radius 2 is 1.96 bits per heavy atom. The Kier molecular flexibility index (Phi) is 5.54. The van der Waals surface area contributed by atoms with Gasteiger partial charge in [-0.1, -0.05) is 0 Å². The SMILES string of the molecule is CC(=O)N1CCN(Cc2cc([N+](=O)[O-])ccc2OC(C)C)CC1. The monoisotopic (exact) mass is 321 g/mol. The van der Waals surface area contributed by atoms with E-state index in [1.165, 1.54) is 6.07 Å². The lowest BCUT2D eigenvalue weighted by atomic mass is 10.1. The molecule has 1 saturated heterocycles. The molecule has 2 rings (SSSR count). The van der Waals surface area contributed by atoms with Gasteiger partial charge in [-0.2, -0.15) is 0 Å². The van der Waals surface area contributed by atoms with E-state index in [1.54, 1.807) is 19.1 Å². The van der Waals surface area contributed by atoms with Crippen molar-refractivity contribution in [3.05, 3.63) is 33.9 Å². The number of benzene rings is 1. The molecule has 7 nitrogen and oxygen atoms in total. The molecule has 1 fully saturated rings. The zero-order chi connectivity index (χ0) is 17.0. The van der Waals surface area contributed by atoms with Gasteiger partial charge >= 0.3 is 0 Å². The van der Waals surface area contributed by atoms with Crippen LogP contribution < -0.4 is 4.74 Å². The van der Waals surface area contributed by atoms with E-state index < -0.39 is 4.92 Å². The quantitative estimate of drug-likeness (QED) is 0.613. The summed E-state index contributed by atoms with van der Waals surface area (Å²) < 4.78 is 5.77. The second kappa shape index (κ2) is 7.41. The van der Waals surface area contributed by atoms with Crippen LogP contribution in [0.4, 0.5) is 5.69 Å². The third-order valence-corrected chi connectivity index (χ3v) is 3.83. The average Bonchev–Trinajstić information content (AvgIpc) is 2.49. The minimum absolute atomic E-state index is 0.00441. The minimum Gasteiger partial charge on any atom is -0.491 e. The third kappa shape index (κ3) is 4.66. The Labute approximate surface area is 136 Å². The molecule has 0 atom stereocenters. The number of rotatable bonds is 5. The fraction of sp³-hybridized carbons (Fsp3) is 0.562. The Bertz CT molecular complexity index is 581. The molecule has 1 heterocycles. The molecule has 1 aromatic rings. The van der Waals surface area contributed by atoms with Crippen LogP contribution in [0.2, 0.25) is 0 Å². The molecule has 0 spiro atoms. The highest BCUT2D eigenvalue weighted by Crippen LogP contribution is 2.27. The summed E-state index contributed by atoms with van der Waals surface area (Å²) in [4.78, 5) is 26.0. The van der Waals surface area contributed by atoms with E-state index in [-0.39, 0.29) is 17.7 Å². The van der Waals surface area contributed by atoms with E-state index >= 15 is 0 Å². The van der Waals surface area contributed by atoms with Gasteiger partial charge < -0.3 is 9.64 Å². The number of nitro benzene ring substituents is 1. The number of hydrogen-bond acceptors (Lipinski definition) is 5. The van der Waals surface area contributed by atoms with Gasteiger partial charge in [-0.3, -0.25) is 19.8 Å². The van der Waals surface area contributed by atoms with Crippen LogP contribution in [0.3, 0.4) is 0 Å². The van der Waals surface area contributed by atoms with Crippen molar-refractivity contribution in [3.8, 4) is 5.75 Å². The number of nitrogens with zero attached hydrogens (tertiary/aromatic N) is 3. The largest absolute Gasteiger partial charge is 0.491 e. The van der Waals surface area contributed by atoms with Gasteiger partial charge in [0.05, 0.1) is 11.0 Å². The highest BCUT2D eigenvalue weighted by atomic mass is 16.6. The van der Waals surface area contributed by atoms with Crippen molar-refractivity contribution in [1.82, 2.24) is 9.80 Å². The lowest BCUT2D eigenvalue weighted by Crippen LogP contribution is -2.47. The summed E-state index contributed by atoms with van der Waals surface area (Å²) in [6.07, 6.45) is 0.00441. The summed E-state index contributed by atoms with van der Waals surface area (Å²) in [5.74, 6) is 0.767. The Balaban J connectivity index is 2.12. The number of non-ortho nitro benzene ring substituents is 1. The van der Waals surface area contributed by atoms with Gasteiger partial charge in [0.15, 0.2) is 0 Å². The molecule has 0 N–H and O–H groups in total. The van der Waals surface area contributed by atoms with Crippen molar-refractivity contribution in [3.63, 3.8) is 0 Å². The van der Waals surface area contributed by atoms with Crippen molar-refractivity contribution in [2.75, 3.05) is 26.2 Å². The summed E-state index contributed by atoms with van der Waals surface area (Å²) in [5, 5.41) is 11.0. The molecule has 1 amide bonds. The highest BCUT2D eigenvalue weighted by molar-refractivity contribution is 5.73. The van der Waals surface area contributed by atoms with Gasteiger partial charge in [0.25, 0.3) is 5.69 Å². The molecule has 0 aliphatic carbocycles. The van der Waals surface area contributed by atoms with Gasteiger partial charge in [-0.05, 0) is 19.9 Å². The number of amides is 1. The van der Waals surface area contributed by atoms with Crippen molar-refractivity contribution in [2.24, 2.45) is 0 Å². The summed E-state index contributed by atoms with van der Waals surface area (Å²) in [6, 6.07) is 4.71. The van der Waals surface area contributed by atoms with Gasteiger partial charge in [-0.25, -0.2) is 0 Å². The van der Waals surface area contributed by atoms with Gasteiger partial charge in [0, 0.05) is 57.3 Å². The van der Waals surface area contributed by atoms with E-state index in [2.05, 4.69) is 4.90 Å². The first-order valence-corrected chi connectivity index (χ1v) is 7.78. The second-order valence-corrected chi connectivity index (χ2v) is 6.00. The first-order valence-electron chi connectivity index (χ1n) is 7.78. The number of hydrogen-bond donors (Lipinski definition) is 0. The first kappa shape index (κ1) is 17.2. The molecule has 0 saturated carbocycles. The lowest BCUT2D eigenvalue weighted by molar-refractivity contribution is -0.385. The summed E-state index contributed by atoms with van der Waals surface area (Å²) in [6.45, 7) is 8.88. The number of carbonyl (C=O) groups excluding carboxylic acids is 1. The van der Waals surface area contributed by atoms with Crippen LogP contribution in [0, 0.1) is 10.1 Å². The van der Waals surface area contributed by atoms with Crippen LogP contribution in [-0.4, -0.2) is 52.9 Å². The maximum atomic E-state index is 11.4. The number of ether oxygens (including phenoxy) is 1. The molecular weight excluding hydrogens is 298 g/mol. The number of nitro groups is 1.